The van der Waals surface area contributed by atoms with E-state index in [0.29, 0.717) is 16.6 Å². The van der Waals surface area contributed by atoms with Crippen molar-refractivity contribution in [2.24, 2.45) is 0 Å². The predicted molar refractivity (Wildman–Crippen MR) is 136 cm³/mol. The lowest BCUT2D eigenvalue weighted by atomic mass is 10.1. The third kappa shape index (κ3) is 4.63. The standard InChI is InChI=1S/C27H19Cl2N3O/c28-19-10-5-17(6-11-19)7-14-25(33)30-16-21-15-23-22-3-1-2-4-24(22)32-27(23)26(31-21)18-8-12-20(29)13-9-18/h1-15,32H,16H2,(H,30,33)/b14-7+. The molecule has 0 saturated carbocycles. The van der Waals surface area contributed by atoms with E-state index in [4.69, 9.17) is 28.2 Å². The molecule has 2 N–H and O–H groups in total. The van der Waals surface area contributed by atoms with E-state index in [1.807, 2.05) is 60.7 Å². The van der Waals surface area contributed by atoms with E-state index in [2.05, 4.69) is 16.4 Å². The largest absolute Gasteiger partial charge is 0.353 e. The molecule has 2 aromatic heterocycles. The lowest BCUT2D eigenvalue weighted by Gasteiger charge is -2.08. The molecule has 0 spiro atoms. The van der Waals surface area contributed by atoms with Gasteiger partial charge in [-0.05, 0) is 48.0 Å². The highest BCUT2D eigenvalue weighted by atomic mass is 35.5. The van der Waals surface area contributed by atoms with Gasteiger partial charge in [-0.15, -0.1) is 0 Å². The fourth-order valence-electron chi connectivity index (χ4n) is 3.79. The monoisotopic (exact) mass is 471 g/mol. The number of nitrogens with zero attached hydrogens (tertiary/aromatic N) is 1. The molecule has 0 aliphatic heterocycles. The number of fused-ring (bicyclic) bond motifs is 3. The van der Waals surface area contributed by atoms with E-state index in [-0.39, 0.29) is 5.91 Å². The van der Waals surface area contributed by atoms with E-state index < -0.39 is 0 Å². The predicted octanol–water partition coefficient (Wildman–Crippen LogP) is 7.02. The molecule has 6 heteroatoms. The quantitative estimate of drug-likeness (QED) is 0.270. The normalized spacial score (nSPS) is 11.5. The fourth-order valence-corrected chi connectivity index (χ4v) is 4.04. The number of rotatable bonds is 5. The topological polar surface area (TPSA) is 57.8 Å². The Labute approximate surface area is 200 Å². The maximum Gasteiger partial charge on any atom is 0.244 e. The van der Waals surface area contributed by atoms with Gasteiger partial charge in [0.1, 0.15) is 0 Å². The van der Waals surface area contributed by atoms with Crippen molar-refractivity contribution in [2.45, 2.75) is 6.54 Å². The zero-order chi connectivity index (χ0) is 22.8. The number of hydrogen-bond donors (Lipinski definition) is 2. The number of nitrogens with one attached hydrogen (secondary N) is 2. The molecule has 5 aromatic rings. The van der Waals surface area contributed by atoms with E-state index in [1.54, 1.807) is 18.2 Å². The van der Waals surface area contributed by atoms with Crippen LogP contribution in [-0.2, 0) is 11.3 Å². The van der Waals surface area contributed by atoms with Gasteiger partial charge >= 0.3 is 0 Å². The Balaban J connectivity index is 1.46. The van der Waals surface area contributed by atoms with Crippen molar-refractivity contribution < 1.29 is 4.79 Å². The summed E-state index contributed by atoms with van der Waals surface area (Å²) in [6.07, 6.45) is 3.26. The molecule has 0 aliphatic carbocycles. The molecule has 0 radical (unpaired) electrons. The number of H-pyrrole nitrogens is 1. The summed E-state index contributed by atoms with van der Waals surface area (Å²) in [6.45, 7) is 0.305. The van der Waals surface area contributed by atoms with E-state index in [1.165, 1.54) is 6.08 Å². The maximum absolute atomic E-state index is 12.4. The Morgan fingerprint density at radius 1 is 0.909 bits per heavy atom. The average Bonchev–Trinajstić information content (AvgIpc) is 3.21. The number of hydrogen-bond acceptors (Lipinski definition) is 2. The van der Waals surface area contributed by atoms with Crippen molar-refractivity contribution in [3.8, 4) is 11.3 Å². The fraction of sp³-hybridized carbons (Fsp3) is 0.0370. The van der Waals surface area contributed by atoms with Crippen molar-refractivity contribution in [2.75, 3.05) is 0 Å². The Hall–Kier alpha value is -3.60. The van der Waals surface area contributed by atoms with E-state index >= 15 is 0 Å². The third-order valence-corrected chi connectivity index (χ3v) is 5.91. The van der Waals surface area contributed by atoms with Crippen LogP contribution in [-0.4, -0.2) is 15.9 Å². The summed E-state index contributed by atoms with van der Waals surface area (Å²) in [4.78, 5) is 20.8. The highest BCUT2D eigenvalue weighted by Gasteiger charge is 2.14. The van der Waals surface area contributed by atoms with Crippen LogP contribution in [0.1, 0.15) is 11.3 Å². The van der Waals surface area contributed by atoms with Crippen LogP contribution in [0.4, 0.5) is 0 Å². The van der Waals surface area contributed by atoms with Gasteiger partial charge in [0.05, 0.1) is 23.4 Å². The summed E-state index contributed by atoms with van der Waals surface area (Å²) >= 11 is 12.0. The number of carbonyl (C=O) groups is 1. The number of aromatic amines is 1. The molecular formula is C27H19Cl2N3O. The highest BCUT2D eigenvalue weighted by molar-refractivity contribution is 6.31. The molecule has 4 nitrogen and oxygen atoms in total. The van der Waals surface area contributed by atoms with Gasteiger partial charge in [0, 0.05) is 38.0 Å². The second kappa shape index (κ2) is 9.10. The van der Waals surface area contributed by atoms with E-state index in [9.17, 15) is 4.79 Å². The van der Waals surface area contributed by atoms with Gasteiger partial charge in [-0.3, -0.25) is 4.79 Å². The molecule has 0 aliphatic rings. The SMILES string of the molecule is O=C(/C=C/c1ccc(Cl)cc1)NCc1cc2c([nH]c3ccccc32)c(-c2ccc(Cl)cc2)n1. The van der Waals surface area contributed by atoms with Crippen LogP contribution < -0.4 is 5.32 Å². The summed E-state index contributed by atoms with van der Waals surface area (Å²) in [6, 6.07) is 25.1. The first-order valence-electron chi connectivity index (χ1n) is 10.4. The third-order valence-electron chi connectivity index (χ3n) is 5.41. The number of benzene rings is 3. The highest BCUT2D eigenvalue weighted by Crippen LogP contribution is 2.33. The van der Waals surface area contributed by atoms with Crippen LogP contribution in [0.5, 0.6) is 0 Å². The first-order valence-corrected chi connectivity index (χ1v) is 11.2. The zero-order valence-corrected chi connectivity index (χ0v) is 19.0. The van der Waals surface area contributed by atoms with Crippen LogP contribution >= 0.6 is 23.2 Å². The number of aromatic nitrogens is 2. The molecule has 0 saturated heterocycles. The van der Waals surface area contributed by atoms with Gasteiger partial charge in [-0.2, -0.15) is 0 Å². The number of para-hydroxylation sites is 1. The van der Waals surface area contributed by atoms with Gasteiger partial charge in [0.2, 0.25) is 5.91 Å². The summed E-state index contributed by atoms with van der Waals surface area (Å²) in [5.41, 5.74) is 5.43. The Kier molecular flexibility index (Phi) is 5.86. The molecule has 3 aromatic carbocycles. The minimum absolute atomic E-state index is 0.196. The van der Waals surface area contributed by atoms with Crippen molar-refractivity contribution in [1.82, 2.24) is 15.3 Å². The number of carbonyl (C=O) groups excluding carboxylic acids is 1. The summed E-state index contributed by atoms with van der Waals surface area (Å²) < 4.78 is 0. The molecule has 162 valence electrons. The minimum Gasteiger partial charge on any atom is -0.353 e. The van der Waals surface area contributed by atoms with Gasteiger partial charge in [-0.25, -0.2) is 4.98 Å². The second-order valence-corrected chi connectivity index (χ2v) is 8.54. The molecule has 2 heterocycles. The molecule has 5 rings (SSSR count). The van der Waals surface area contributed by atoms with Crippen LogP contribution in [0.2, 0.25) is 10.0 Å². The number of halogens is 2. The van der Waals surface area contributed by atoms with Gasteiger partial charge in [0.25, 0.3) is 0 Å². The Bertz CT molecular complexity index is 1490. The number of pyridine rings is 1. The Morgan fingerprint density at radius 3 is 2.36 bits per heavy atom. The van der Waals surface area contributed by atoms with Crippen molar-refractivity contribution in [3.05, 3.63) is 106 Å². The molecule has 0 fully saturated rings. The minimum atomic E-state index is -0.196. The second-order valence-electron chi connectivity index (χ2n) is 7.66. The van der Waals surface area contributed by atoms with Crippen LogP contribution in [0.25, 0.3) is 39.1 Å². The smallest absolute Gasteiger partial charge is 0.244 e. The Morgan fingerprint density at radius 2 is 1.61 bits per heavy atom. The van der Waals surface area contributed by atoms with E-state index in [0.717, 1.165) is 44.3 Å². The average molecular weight is 472 g/mol. The lowest BCUT2D eigenvalue weighted by molar-refractivity contribution is -0.116. The van der Waals surface area contributed by atoms with Crippen LogP contribution in [0, 0.1) is 0 Å². The molecule has 33 heavy (non-hydrogen) atoms. The molecule has 0 unspecified atom stereocenters. The molecule has 1 amide bonds. The maximum atomic E-state index is 12.4. The van der Waals surface area contributed by atoms with Crippen molar-refractivity contribution in [3.63, 3.8) is 0 Å². The lowest BCUT2D eigenvalue weighted by Crippen LogP contribution is -2.21. The van der Waals surface area contributed by atoms with Gasteiger partial charge in [-0.1, -0.05) is 65.7 Å². The van der Waals surface area contributed by atoms with Crippen LogP contribution in [0.15, 0.2) is 84.9 Å². The summed E-state index contributed by atoms with van der Waals surface area (Å²) in [7, 11) is 0. The first-order chi connectivity index (χ1) is 16.1. The van der Waals surface area contributed by atoms with Gasteiger partial charge < -0.3 is 10.3 Å². The van der Waals surface area contributed by atoms with Crippen molar-refractivity contribution in [1.29, 1.82) is 0 Å². The number of amides is 1. The molecule has 0 bridgehead atoms. The summed E-state index contributed by atoms with van der Waals surface area (Å²) in [5.74, 6) is -0.196. The van der Waals surface area contributed by atoms with Gasteiger partial charge in [0.15, 0.2) is 0 Å². The molecular weight excluding hydrogens is 453 g/mol. The summed E-state index contributed by atoms with van der Waals surface area (Å²) in [5, 5.41) is 6.43. The first kappa shape index (κ1) is 21.3. The van der Waals surface area contributed by atoms with Crippen molar-refractivity contribution >= 4 is 57.0 Å². The molecule has 0 atom stereocenters. The zero-order valence-electron chi connectivity index (χ0n) is 17.5. The van der Waals surface area contributed by atoms with Crippen LogP contribution in [0.3, 0.4) is 0 Å².